The van der Waals surface area contributed by atoms with Gasteiger partial charge in [0, 0.05) is 6.54 Å². The van der Waals surface area contributed by atoms with Gasteiger partial charge in [0.05, 0.1) is 16.9 Å². The van der Waals surface area contributed by atoms with Crippen LogP contribution in [0.5, 0.6) is 0 Å². The van der Waals surface area contributed by atoms with Gasteiger partial charge in [0.1, 0.15) is 5.15 Å². The summed E-state index contributed by atoms with van der Waals surface area (Å²) in [4.78, 5) is 3.65. The van der Waals surface area contributed by atoms with E-state index >= 15 is 0 Å². The molecule has 13 heavy (non-hydrogen) atoms. The zero-order valence-corrected chi connectivity index (χ0v) is 7.35. The highest BCUT2D eigenvalue weighted by molar-refractivity contribution is 6.30. The average Bonchev–Trinajstić information content (AvgIpc) is 2.07. The Balaban J connectivity index is 3.20. The highest BCUT2D eigenvalue weighted by atomic mass is 35.5. The highest BCUT2D eigenvalue weighted by Gasteiger charge is 2.15. The van der Waals surface area contributed by atoms with Crippen molar-refractivity contribution in [1.82, 2.24) is 4.98 Å². The van der Waals surface area contributed by atoms with Crippen molar-refractivity contribution in [2.24, 2.45) is 5.73 Å². The Morgan fingerprint density at radius 2 is 2.15 bits per heavy atom. The molecule has 0 saturated carbocycles. The predicted molar refractivity (Wildman–Crippen MR) is 46.5 cm³/mol. The summed E-state index contributed by atoms with van der Waals surface area (Å²) in [7, 11) is 0. The van der Waals surface area contributed by atoms with Crippen molar-refractivity contribution in [3.63, 3.8) is 0 Å². The largest absolute Gasteiger partial charge is 0.397 e. The van der Waals surface area contributed by atoms with Gasteiger partial charge >= 0.3 is 0 Å². The number of rotatable bonds is 2. The zero-order valence-electron chi connectivity index (χ0n) is 6.60. The molecule has 0 aromatic carbocycles. The molecule has 0 amide bonds. The number of pyridine rings is 1. The van der Waals surface area contributed by atoms with Crippen molar-refractivity contribution < 1.29 is 8.78 Å². The van der Waals surface area contributed by atoms with Gasteiger partial charge in [-0.3, -0.25) is 0 Å². The second kappa shape index (κ2) is 3.85. The molecule has 1 rings (SSSR count). The number of nitrogens with two attached hydrogens (primary N) is 2. The minimum Gasteiger partial charge on any atom is -0.397 e. The number of aromatic nitrogens is 1. The van der Waals surface area contributed by atoms with Gasteiger partial charge in [-0.1, -0.05) is 11.6 Å². The summed E-state index contributed by atoms with van der Waals surface area (Å²) in [5.41, 5.74) is 10.8. The van der Waals surface area contributed by atoms with E-state index in [9.17, 15) is 8.78 Å². The topological polar surface area (TPSA) is 64.9 Å². The monoisotopic (exact) mass is 207 g/mol. The molecule has 0 aliphatic rings. The van der Waals surface area contributed by atoms with E-state index in [1.165, 1.54) is 0 Å². The maximum atomic E-state index is 12.2. The maximum Gasteiger partial charge on any atom is 0.266 e. The Labute approximate surface area is 78.7 Å². The van der Waals surface area contributed by atoms with Crippen LogP contribution in [0.15, 0.2) is 6.07 Å². The highest BCUT2D eigenvalue weighted by Crippen LogP contribution is 2.28. The van der Waals surface area contributed by atoms with Gasteiger partial charge in [0.15, 0.2) is 0 Å². The predicted octanol–water partition coefficient (Wildman–Crippen LogP) is 1.71. The van der Waals surface area contributed by atoms with Crippen LogP contribution in [0.2, 0.25) is 5.15 Å². The summed E-state index contributed by atoms with van der Waals surface area (Å²) in [6.45, 7) is 0.0784. The number of hydrogen-bond donors (Lipinski definition) is 2. The SMILES string of the molecule is NCc1nc(Cl)c(C(F)F)cc1N. The number of nitrogens with zero attached hydrogens (tertiary/aromatic N) is 1. The first kappa shape index (κ1) is 10.1. The van der Waals surface area contributed by atoms with E-state index < -0.39 is 6.43 Å². The normalized spacial score (nSPS) is 10.8. The minimum absolute atomic E-state index is 0.0784. The zero-order chi connectivity index (χ0) is 10.0. The van der Waals surface area contributed by atoms with Gasteiger partial charge in [-0.2, -0.15) is 0 Å². The van der Waals surface area contributed by atoms with Gasteiger partial charge in [-0.25, -0.2) is 13.8 Å². The third kappa shape index (κ3) is 2.05. The molecule has 0 spiro atoms. The van der Waals surface area contributed by atoms with Gasteiger partial charge in [0.25, 0.3) is 6.43 Å². The molecule has 6 heteroatoms. The second-order valence-corrected chi connectivity index (χ2v) is 2.77. The Morgan fingerprint density at radius 3 is 2.62 bits per heavy atom. The standard InChI is InChI=1S/C7H8ClF2N3/c8-6-3(7(9)10)1-4(12)5(2-11)13-6/h1,7H,2,11-12H2. The average molecular weight is 208 g/mol. The first-order chi connectivity index (χ1) is 6.06. The van der Waals surface area contributed by atoms with Gasteiger partial charge in [-0.15, -0.1) is 0 Å². The van der Waals surface area contributed by atoms with Crippen LogP contribution in [0.4, 0.5) is 14.5 Å². The Bertz CT molecular complexity index is 317. The fraction of sp³-hybridized carbons (Fsp3) is 0.286. The molecular weight excluding hydrogens is 200 g/mol. The first-order valence-electron chi connectivity index (χ1n) is 3.49. The minimum atomic E-state index is -2.67. The maximum absolute atomic E-state index is 12.2. The summed E-state index contributed by atoms with van der Waals surface area (Å²) < 4.78 is 24.5. The van der Waals surface area contributed by atoms with Gasteiger partial charge in [-0.05, 0) is 6.07 Å². The van der Waals surface area contributed by atoms with Crippen molar-refractivity contribution in [1.29, 1.82) is 0 Å². The molecule has 1 aromatic heterocycles. The van der Waals surface area contributed by atoms with Crippen molar-refractivity contribution in [2.75, 3.05) is 5.73 Å². The summed E-state index contributed by atoms with van der Waals surface area (Å²) in [5, 5.41) is -0.246. The van der Waals surface area contributed by atoms with Crippen LogP contribution < -0.4 is 11.5 Å². The summed E-state index contributed by atoms with van der Waals surface area (Å²) in [6, 6.07) is 1.10. The molecule has 0 bridgehead atoms. The molecule has 0 radical (unpaired) electrons. The fourth-order valence-electron chi connectivity index (χ4n) is 0.874. The molecule has 0 saturated heterocycles. The van der Waals surface area contributed by atoms with E-state index in [-0.39, 0.29) is 22.9 Å². The summed E-state index contributed by atoms with van der Waals surface area (Å²) in [5.74, 6) is 0. The summed E-state index contributed by atoms with van der Waals surface area (Å²) >= 11 is 5.47. The van der Waals surface area contributed by atoms with E-state index in [4.69, 9.17) is 23.1 Å². The Hall–Kier alpha value is -0.940. The van der Waals surface area contributed by atoms with Crippen molar-refractivity contribution >= 4 is 17.3 Å². The molecule has 1 aromatic rings. The molecular formula is C7H8ClF2N3. The van der Waals surface area contributed by atoms with E-state index in [1.807, 2.05) is 0 Å². The van der Waals surface area contributed by atoms with Gasteiger partial charge in [0.2, 0.25) is 0 Å². The van der Waals surface area contributed by atoms with E-state index in [0.29, 0.717) is 5.69 Å². The number of halogens is 3. The molecule has 1 heterocycles. The quantitative estimate of drug-likeness (QED) is 0.726. The molecule has 3 nitrogen and oxygen atoms in total. The number of alkyl halides is 2. The van der Waals surface area contributed by atoms with E-state index in [0.717, 1.165) is 6.07 Å². The van der Waals surface area contributed by atoms with Crippen LogP contribution in [0.1, 0.15) is 17.7 Å². The molecule has 0 atom stereocenters. The van der Waals surface area contributed by atoms with Crippen molar-refractivity contribution in [2.45, 2.75) is 13.0 Å². The van der Waals surface area contributed by atoms with Crippen LogP contribution in [0, 0.1) is 0 Å². The fourth-order valence-corrected chi connectivity index (χ4v) is 1.11. The number of anilines is 1. The molecule has 0 fully saturated rings. The smallest absolute Gasteiger partial charge is 0.266 e. The van der Waals surface area contributed by atoms with Gasteiger partial charge < -0.3 is 11.5 Å². The van der Waals surface area contributed by atoms with Crippen molar-refractivity contribution in [3.8, 4) is 0 Å². The molecule has 0 aliphatic carbocycles. The third-order valence-electron chi connectivity index (χ3n) is 1.54. The third-order valence-corrected chi connectivity index (χ3v) is 1.85. The molecule has 0 unspecified atom stereocenters. The van der Waals surface area contributed by atoms with Crippen LogP contribution in [-0.4, -0.2) is 4.98 Å². The van der Waals surface area contributed by atoms with Crippen LogP contribution in [-0.2, 0) is 6.54 Å². The molecule has 72 valence electrons. The lowest BCUT2D eigenvalue weighted by Gasteiger charge is -2.07. The number of hydrogen-bond acceptors (Lipinski definition) is 3. The van der Waals surface area contributed by atoms with E-state index in [1.54, 1.807) is 0 Å². The lowest BCUT2D eigenvalue weighted by Crippen LogP contribution is -2.06. The summed E-state index contributed by atoms with van der Waals surface area (Å²) in [6.07, 6.45) is -2.67. The van der Waals surface area contributed by atoms with Crippen LogP contribution >= 0.6 is 11.6 Å². The lowest BCUT2D eigenvalue weighted by atomic mass is 10.2. The van der Waals surface area contributed by atoms with Crippen LogP contribution in [0.3, 0.4) is 0 Å². The van der Waals surface area contributed by atoms with Crippen molar-refractivity contribution in [3.05, 3.63) is 22.5 Å². The molecule has 0 aliphatic heterocycles. The number of nitrogen functional groups attached to an aromatic ring is 1. The Kier molecular flexibility index (Phi) is 3.00. The van der Waals surface area contributed by atoms with Crippen LogP contribution in [0.25, 0.3) is 0 Å². The Morgan fingerprint density at radius 1 is 1.54 bits per heavy atom. The first-order valence-corrected chi connectivity index (χ1v) is 3.87. The lowest BCUT2D eigenvalue weighted by molar-refractivity contribution is 0.151. The second-order valence-electron chi connectivity index (χ2n) is 2.41. The van der Waals surface area contributed by atoms with E-state index in [2.05, 4.69) is 4.98 Å². The molecule has 4 N–H and O–H groups in total.